The highest BCUT2D eigenvalue weighted by atomic mass is 35.5. The first-order valence-corrected chi connectivity index (χ1v) is 7.88. The fourth-order valence-corrected chi connectivity index (χ4v) is 3.09. The van der Waals surface area contributed by atoms with E-state index in [0.717, 1.165) is 11.4 Å². The molecule has 2 N–H and O–H groups in total. The van der Waals surface area contributed by atoms with E-state index in [-0.39, 0.29) is 0 Å². The Labute approximate surface area is 133 Å². The lowest BCUT2D eigenvalue weighted by Gasteiger charge is -2.10. The maximum atomic E-state index is 6.04. The zero-order valence-corrected chi connectivity index (χ0v) is 13.4. The number of hydrogen-bond donors (Lipinski definition) is 1. The lowest BCUT2D eigenvalue weighted by molar-refractivity contribution is 0.344. The molecule has 2 aromatic carbocycles. The quantitative estimate of drug-likeness (QED) is 0.474. The smallest absolute Gasteiger partial charge is 0.156 e. The summed E-state index contributed by atoms with van der Waals surface area (Å²) in [6.45, 7) is 2.59. The van der Waals surface area contributed by atoms with Crippen molar-refractivity contribution < 1.29 is 4.74 Å². The average Bonchev–Trinajstić information content (AvgIpc) is 2.39. The van der Waals surface area contributed by atoms with Gasteiger partial charge in [-0.3, -0.25) is 0 Å². The van der Waals surface area contributed by atoms with Crippen LogP contribution in [0.5, 0.6) is 5.75 Å². The number of nitrogens with two attached hydrogens (primary N) is 1. The van der Waals surface area contributed by atoms with Crippen LogP contribution in [0.15, 0.2) is 41.3 Å². The van der Waals surface area contributed by atoms with E-state index in [0.29, 0.717) is 22.4 Å². The molecule has 2 rings (SSSR count). The Morgan fingerprint density at radius 1 is 1.15 bits per heavy atom. The standard InChI is InChI=1S/C15H15Cl2NOS/c1-10-9-11(18)5-6-14(10)20-8-7-19-15-12(16)3-2-4-13(15)17/h2-6,9H,7-8,18H2,1H3. The minimum Gasteiger partial charge on any atom is -0.490 e. The SMILES string of the molecule is Cc1cc(N)ccc1SCCOc1c(Cl)cccc1Cl. The second-order valence-electron chi connectivity index (χ2n) is 4.27. The monoisotopic (exact) mass is 327 g/mol. The van der Waals surface area contributed by atoms with Crippen LogP contribution in [-0.2, 0) is 0 Å². The van der Waals surface area contributed by atoms with Crippen LogP contribution >= 0.6 is 35.0 Å². The molecule has 0 radical (unpaired) electrons. The number of para-hydroxylation sites is 1. The molecule has 20 heavy (non-hydrogen) atoms. The van der Waals surface area contributed by atoms with Crippen molar-refractivity contribution in [1.82, 2.24) is 0 Å². The van der Waals surface area contributed by atoms with E-state index in [1.54, 1.807) is 30.0 Å². The lowest BCUT2D eigenvalue weighted by Crippen LogP contribution is -2.01. The van der Waals surface area contributed by atoms with Gasteiger partial charge in [0.25, 0.3) is 0 Å². The molecule has 106 valence electrons. The summed E-state index contributed by atoms with van der Waals surface area (Å²) in [7, 11) is 0. The summed E-state index contributed by atoms with van der Waals surface area (Å²) in [5.41, 5.74) is 7.68. The Morgan fingerprint density at radius 2 is 1.85 bits per heavy atom. The Kier molecular flexibility index (Phi) is 5.46. The summed E-state index contributed by atoms with van der Waals surface area (Å²) in [5.74, 6) is 1.36. The molecular formula is C15H15Cl2NOS. The average molecular weight is 328 g/mol. The van der Waals surface area contributed by atoms with E-state index in [1.807, 2.05) is 25.1 Å². The number of rotatable bonds is 5. The van der Waals surface area contributed by atoms with Gasteiger partial charge >= 0.3 is 0 Å². The van der Waals surface area contributed by atoms with Crippen LogP contribution < -0.4 is 10.5 Å². The molecule has 2 aromatic rings. The third kappa shape index (κ3) is 3.98. The number of nitrogen functional groups attached to an aromatic ring is 1. The molecule has 2 nitrogen and oxygen atoms in total. The van der Waals surface area contributed by atoms with Gasteiger partial charge in [0.15, 0.2) is 5.75 Å². The molecule has 0 fully saturated rings. The highest BCUT2D eigenvalue weighted by Crippen LogP contribution is 2.32. The third-order valence-corrected chi connectivity index (χ3v) is 4.44. The predicted octanol–water partition coefficient (Wildman–Crippen LogP) is 5.06. The van der Waals surface area contributed by atoms with Gasteiger partial charge in [0.2, 0.25) is 0 Å². The van der Waals surface area contributed by atoms with Crippen molar-refractivity contribution in [1.29, 1.82) is 0 Å². The van der Waals surface area contributed by atoms with Crippen LogP contribution in [0.2, 0.25) is 10.0 Å². The van der Waals surface area contributed by atoms with E-state index >= 15 is 0 Å². The molecule has 0 saturated heterocycles. The van der Waals surface area contributed by atoms with Gasteiger partial charge in [-0.1, -0.05) is 29.3 Å². The normalized spacial score (nSPS) is 10.6. The summed E-state index contributed by atoms with van der Waals surface area (Å²) >= 11 is 13.8. The molecule has 0 saturated carbocycles. The van der Waals surface area contributed by atoms with Gasteiger partial charge in [-0.05, 0) is 42.8 Å². The molecule has 0 aliphatic heterocycles. The fourth-order valence-electron chi connectivity index (χ4n) is 1.75. The number of hydrogen-bond acceptors (Lipinski definition) is 3. The van der Waals surface area contributed by atoms with Crippen molar-refractivity contribution in [3.8, 4) is 5.75 Å². The van der Waals surface area contributed by atoms with Crippen LogP contribution in [0.25, 0.3) is 0 Å². The summed E-state index contributed by atoms with van der Waals surface area (Å²) in [4.78, 5) is 1.20. The van der Waals surface area contributed by atoms with Crippen LogP contribution in [0.1, 0.15) is 5.56 Å². The van der Waals surface area contributed by atoms with Gasteiger partial charge in [-0.15, -0.1) is 11.8 Å². The van der Waals surface area contributed by atoms with E-state index < -0.39 is 0 Å². The molecule has 0 aromatic heterocycles. The zero-order valence-electron chi connectivity index (χ0n) is 11.0. The lowest BCUT2D eigenvalue weighted by atomic mass is 10.2. The zero-order chi connectivity index (χ0) is 14.5. The molecule has 0 unspecified atom stereocenters. The number of halogens is 2. The number of anilines is 1. The molecule has 0 amide bonds. The molecular weight excluding hydrogens is 313 g/mol. The minimum absolute atomic E-state index is 0.533. The second-order valence-corrected chi connectivity index (χ2v) is 6.22. The summed E-state index contributed by atoms with van der Waals surface area (Å²) in [6.07, 6.45) is 0. The molecule has 0 aliphatic rings. The molecule has 0 bridgehead atoms. The van der Waals surface area contributed by atoms with E-state index in [1.165, 1.54) is 10.5 Å². The molecule has 5 heteroatoms. The molecule has 0 heterocycles. The first-order valence-electron chi connectivity index (χ1n) is 6.13. The summed E-state index contributed by atoms with van der Waals surface area (Å²) in [6, 6.07) is 11.2. The van der Waals surface area contributed by atoms with Gasteiger partial charge in [-0.25, -0.2) is 0 Å². The first-order chi connectivity index (χ1) is 9.58. The van der Waals surface area contributed by atoms with E-state index in [4.69, 9.17) is 33.7 Å². The molecule has 0 atom stereocenters. The van der Waals surface area contributed by atoms with Gasteiger partial charge in [-0.2, -0.15) is 0 Å². The number of aryl methyl sites for hydroxylation is 1. The van der Waals surface area contributed by atoms with Gasteiger partial charge in [0.1, 0.15) is 0 Å². The first kappa shape index (κ1) is 15.4. The van der Waals surface area contributed by atoms with Crippen LogP contribution in [0, 0.1) is 6.92 Å². The van der Waals surface area contributed by atoms with Crippen LogP contribution in [0.4, 0.5) is 5.69 Å². The van der Waals surface area contributed by atoms with Gasteiger partial charge in [0, 0.05) is 16.3 Å². The summed E-state index contributed by atoms with van der Waals surface area (Å²) < 4.78 is 5.64. The van der Waals surface area contributed by atoms with Crippen molar-refractivity contribution in [2.45, 2.75) is 11.8 Å². The number of thioether (sulfide) groups is 1. The van der Waals surface area contributed by atoms with Crippen molar-refractivity contribution in [2.75, 3.05) is 18.1 Å². The largest absolute Gasteiger partial charge is 0.490 e. The van der Waals surface area contributed by atoms with Crippen LogP contribution in [0.3, 0.4) is 0 Å². The highest BCUT2D eigenvalue weighted by molar-refractivity contribution is 7.99. The van der Waals surface area contributed by atoms with E-state index in [9.17, 15) is 0 Å². The van der Waals surface area contributed by atoms with E-state index in [2.05, 4.69) is 0 Å². The van der Waals surface area contributed by atoms with Crippen molar-refractivity contribution in [3.05, 3.63) is 52.0 Å². The molecule has 0 aliphatic carbocycles. The predicted molar refractivity (Wildman–Crippen MR) is 88.3 cm³/mol. The Hall–Kier alpha value is -1.03. The number of ether oxygens (including phenoxy) is 1. The second kappa shape index (κ2) is 7.11. The van der Waals surface area contributed by atoms with Crippen molar-refractivity contribution >= 4 is 40.7 Å². The maximum Gasteiger partial charge on any atom is 0.156 e. The van der Waals surface area contributed by atoms with Gasteiger partial charge < -0.3 is 10.5 Å². The Bertz CT molecular complexity index is 584. The Morgan fingerprint density at radius 3 is 2.50 bits per heavy atom. The molecule has 0 spiro atoms. The van der Waals surface area contributed by atoms with Gasteiger partial charge in [0.05, 0.1) is 16.7 Å². The van der Waals surface area contributed by atoms with Crippen molar-refractivity contribution in [3.63, 3.8) is 0 Å². The third-order valence-electron chi connectivity index (χ3n) is 2.71. The highest BCUT2D eigenvalue weighted by Gasteiger charge is 2.06. The minimum atomic E-state index is 0.533. The number of benzene rings is 2. The topological polar surface area (TPSA) is 35.2 Å². The van der Waals surface area contributed by atoms with Crippen LogP contribution in [-0.4, -0.2) is 12.4 Å². The fraction of sp³-hybridized carbons (Fsp3) is 0.200. The Balaban J connectivity index is 1.88. The maximum absolute atomic E-state index is 6.04. The van der Waals surface area contributed by atoms with Crippen molar-refractivity contribution in [2.24, 2.45) is 0 Å². The summed E-state index contributed by atoms with van der Waals surface area (Å²) in [5, 5.41) is 1.07.